The molecule has 0 aliphatic rings. The van der Waals surface area contributed by atoms with Crippen LogP contribution in [0.25, 0.3) is 10.8 Å². The molecule has 0 aromatic heterocycles. The lowest BCUT2D eigenvalue weighted by molar-refractivity contribution is 0.388. The summed E-state index contributed by atoms with van der Waals surface area (Å²) in [5.41, 5.74) is 0. The molecule has 0 saturated heterocycles. The number of alkyl halides is 1. The maximum absolute atomic E-state index is 5.49. The van der Waals surface area contributed by atoms with Crippen LogP contribution in [0.3, 0.4) is 0 Å². The number of benzene rings is 2. The Morgan fingerprint density at radius 2 is 1.86 bits per heavy atom. The minimum atomic E-state index is 0.180. The van der Waals surface area contributed by atoms with Gasteiger partial charge in [0.15, 0.2) is 6.07 Å². The van der Waals surface area contributed by atoms with Crippen LogP contribution in [0, 0.1) is 0 Å². The molecule has 0 heterocycles. The molecule has 0 aliphatic carbocycles. The molecule has 0 unspecified atom stereocenters. The van der Waals surface area contributed by atoms with Crippen molar-refractivity contribution in [3.63, 3.8) is 0 Å². The van der Waals surface area contributed by atoms with E-state index in [4.69, 9.17) is 16.3 Å². The van der Waals surface area contributed by atoms with Crippen molar-refractivity contribution in [1.82, 2.24) is 0 Å². The molecule has 1 nitrogen and oxygen atoms in total. The van der Waals surface area contributed by atoms with Crippen LogP contribution in [0.2, 0.25) is 0 Å². The average molecular weight is 272 g/mol. The van der Waals surface area contributed by atoms with Gasteiger partial charge in [-0.3, -0.25) is 0 Å². The molecule has 72 valence electrons. The van der Waals surface area contributed by atoms with Crippen molar-refractivity contribution >= 4 is 38.3 Å². The molecule has 14 heavy (non-hydrogen) atoms. The third-order valence-electron chi connectivity index (χ3n) is 1.99. The predicted molar refractivity (Wildman–Crippen MR) is 63.0 cm³/mol. The van der Waals surface area contributed by atoms with Crippen LogP contribution < -0.4 is 4.74 Å². The molecule has 0 aliphatic heterocycles. The van der Waals surface area contributed by atoms with E-state index >= 15 is 0 Å². The van der Waals surface area contributed by atoms with Crippen LogP contribution in [0.5, 0.6) is 5.75 Å². The lowest BCUT2D eigenvalue weighted by Gasteiger charge is -2.03. The Morgan fingerprint density at radius 1 is 1.07 bits per heavy atom. The van der Waals surface area contributed by atoms with E-state index in [1.807, 2.05) is 24.3 Å². The minimum absolute atomic E-state index is 0.180. The Balaban J connectivity index is 2.52. The van der Waals surface area contributed by atoms with Gasteiger partial charge in [0, 0.05) is 4.47 Å². The monoisotopic (exact) mass is 270 g/mol. The standard InChI is InChI=1S/C11H8BrClO/c12-10-3-1-8-2-4-11(14-7-13)6-9(8)5-10/h1-6H,7H2. The van der Waals surface area contributed by atoms with Gasteiger partial charge >= 0.3 is 0 Å². The Kier molecular flexibility index (Phi) is 2.94. The highest BCUT2D eigenvalue weighted by atomic mass is 79.9. The minimum Gasteiger partial charge on any atom is -0.478 e. The molecule has 0 atom stereocenters. The maximum atomic E-state index is 5.49. The van der Waals surface area contributed by atoms with Gasteiger partial charge in [0.05, 0.1) is 0 Å². The molecular weight excluding hydrogens is 263 g/mol. The molecule has 0 bridgehead atoms. The summed E-state index contributed by atoms with van der Waals surface area (Å²) < 4.78 is 6.27. The number of fused-ring (bicyclic) bond motifs is 1. The quantitative estimate of drug-likeness (QED) is 0.745. The Labute approximate surface area is 95.8 Å². The summed E-state index contributed by atoms with van der Waals surface area (Å²) in [7, 11) is 0. The third-order valence-corrected chi connectivity index (χ3v) is 2.60. The average Bonchev–Trinajstić information content (AvgIpc) is 2.17. The summed E-state index contributed by atoms with van der Waals surface area (Å²) in [6.07, 6.45) is 0. The predicted octanol–water partition coefficient (Wildman–Crippen LogP) is 4.18. The van der Waals surface area contributed by atoms with E-state index in [2.05, 4.69) is 28.1 Å². The summed E-state index contributed by atoms with van der Waals surface area (Å²) in [6.45, 7) is 0. The molecule has 0 amide bonds. The van der Waals surface area contributed by atoms with Gasteiger partial charge in [-0.1, -0.05) is 39.7 Å². The summed E-state index contributed by atoms with van der Waals surface area (Å²) in [5.74, 6) is 0.797. The van der Waals surface area contributed by atoms with Crippen molar-refractivity contribution in [2.75, 3.05) is 6.07 Å². The lowest BCUT2D eigenvalue weighted by atomic mass is 10.1. The van der Waals surface area contributed by atoms with Crippen LogP contribution in [-0.4, -0.2) is 6.07 Å². The molecule has 0 spiro atoms. The smallest absolute Gasteiger partial charge is 0.162 e. The van der Waals surface area contributed by atoms with E-state index in [1.165, 1.54) is 5.39 Å². The second-order valence-corrected chi connectivity index (χ2v) is 4.04. The van der Waals surface area contributed by atoms with Crippen LogP contribution in [-0.2, 0) is 0 Å². The fourth-order valence-corrected chi connectivity index (χ4v) is 1.85. The fraction of sp³-hybridized carbons (Fsp3) is 0.0909. The number of rotatable bonds is 2. The molecule has 0 N–H and O–H groups in total. The highest BCUT2D eigenvalue weighted by molar-refractivity contribution is 9.10. The Morgan fingerprint density at radius 3 is 2.64 bits per heavy atom. The number of hydrogen-bond acceptors (Lipinski definition) is 1. The highest BCUT2D eigenvalue weighted by Gasteiger charge is 1.97. The normalized spacial score (nSPS) is 10.4. The summed E-state index contributed by atoms with van der Waals surface area (Å²) in [6, 6.07) is 12.2. The largest absolute Gasteiger partial charge is 0.478 e. The van der Waals surface area contributed by atoms with E-state index in [0.717, 1.165) is 15.6 Å². The van der Waals surface area contributed by atoms with E-state index in [9.17, 15) is 0 Å². The molecule has 2 rings (SSSR count). The van der Waals surface area contributed by atoms with Gasteiger partial charge in [0.25, 0.3) is 0 Å². The second-order valence-electron chi connectivity index (χ2n) is 2.91. The topological polar surface area (TPSA) is 9.23 Å². The molecule has 2 aromatic rings. The van der Waals surface area contributed by atoms with Crippen LogP contribution in [0.1, 0.15) is 0 Å². The van der Waals surface area contributed by atoms with Crippen LogP contribution in [0.15, 0.2) is 40.9 Å². The van der Waals surface area contributed by atoms with E-state index in [-0.39, 0.29) is 6.07 Å². The highest BCUT2D eigenvalue weighted by Crippen LogP contribution is 2.24. The zero-order valence-electron chi connectivity index (χ0n) is 7.34. The molecular formula is C11H8BrClO. The van der Waals surface area contributed by atoms with Crippen molar-refractivity contribution in [3.05, 3.63) is 40.9 Å². The van der Waals surface area contributed by atoms with Crippen molar-refractivity contribution < 1.29 is 4.74 Å². The Hall–Kier alpha value is -0.730. The first-order chi connectivity index (χ1) is 6.79. The zero-order chi connectivity index (χ0) is 9.97. The first-order valence-electron chi connectivity index (χ1n) is 4.18. The summed E-state index contributed by atoms with van der Waals surface area (Å²) in [5, 5.41) is 2.33. The second kappa shape index (κ2) is 4.20. The Bertz CT molecular complexity index is 456. The first kappa shape index (κ1) is 9.81. The molecule has 0 radical (unpaired) electrons. The maximum Gasteiger partial charge on any atom is 0.162 e. The number of ether oxygens (including phenoxy) is 1. The molecule has 2 aromatic carbocycles. The van der Waals surface area contributed by atoms with Gasteiger partial charge in [-0.15, -0.1) is 0 Å². The van der Waals surface area contributed by atoms with Gasteiger partial charge < -0.3 is 4.74 Å². The van der Waals surface area contributed by atoms with Crippen LogP contribution in [0.4, 0.5) is 0 Å². The summed E-state index contributed by atoms with van der Waals surface area (Å²) >= 11 is 8.92. The fourth-order valence-electron chi connectivity index (χ4n) is 1.35. The van der Waals surface area contributed by atoms with Crippen molar-refractivity contribution in [3.8, 4) is 5.75 Å². The molecule has 0 saturated carbocycles. The lowest BCUT2D eigenvalue weighted by Crippen LogP contribution is -1.88. The SMILES string of the molecule is ClCOc1ccc2ccc(Br)cc2c1. The van der Waals surface area contributed by atoms with Crippen molar-refractivity contribution in [2.45, 2.75) is 0 Å². The van der Waals surface area contributed by atoms with Gasteiger partial charge in [0.2, 0.25) is 0 Å². The van der Waals surface area contributed by atoms with Gasteiger partial charge in [-0.05, 0) is 35.0 Å². The number of hydrogen-bond donors (Lipinski definition) is 0. The third kappa shape index (κ3) is 2.02. The van der Waals surface area contributed by atoms with Gasteiger partial charge in [0.1, 0.15) is 5.75 Å². The van der Waals surface area contributed by atoms with E-state index in [1.54, 1.807) is 0 Å². The van der Waals surface area contributed by atoms with Crippen LogP contribution >= 0.6 is 27.5 Å². The van der Waals surface area contributed by atoms with E-state index < -0.39 is 0 Å². The van der Waals surface area contributed by atoms with E-state index in [0.29, 0.717) is 0 Å². The summed E-state index contributed by atoms with van der Waals surface area (Å²) in [4.78, 5) is 0. The van der Waals surface area contributed by atoms with Gasteiger partial charge in [-0.2, -0.15) is 0 Å². The molecule has 0 fully saturated rings. The first-order valence-corrected chi connectivity index (χ1v) is 5.50. The van der Waals surface area contributed by atoms with Gasteiger partial charge in [-0.25, -0.2) is 0 Å². The van der Waals surface area contributed by atoms with Crippen molar-refractivity contribution in [2.24, 2.45) is 0 Å². The van der Waals surface area contributed by atoms with Crippen molar-refractivity contribution in [1.29, 1.82) is 0 Å². The zero-order valence-corrected chi connectivity index (χ0v) is 9.68. The number of halogens is 2. The molecule has 3 heteroatoms.